The molecule has 0 radical (unpaired) electrons. The fraction of sp³-hybridized carbons (Fsp3) is 0.333. The van der Waals surface area contributed by atoms with Gasteiger partial charge in [0.05, 0.1) is 12.0 Å². The van der Waals surface area contributed by atoms with Crippen LogP contribution in [0.1, 0.15) is 49.2 Å². The van der Waals surface area contributed by atoms with Gasteiger partial charge in [0.2, 0.25) is 5.82 Å². The number of rotatable bonds is 4. The molecule has 2 aromatic heterocycles. The first kappa shape index (κ1) is 17.4. The Morgan fingerprint density at radius 2 is 1.96 bits per heavy atom. The van der Waals surface area contributed by atoms with Crippen molar-refractivity contribution >= 4 is 5.78 Å². The number of aromatic nitrogens is 3. The van der Waals surface area contributed by atoms with Gasteiger partial charge in [-0.15, -0.1) is 0 Å². The predicted molar refractivity (Wildman–Crippen MR) is 101 cm³/mol. The Balaban J connectivity index is 1.69. The maximum atomic E-state index is 12.7. The number of pyridine rings is 1. The lowest BCUT2D eigenvalue weighted by Gasteiger charge is -2.36. The van der Waals surface area contributed by atoms with E-state index in [2.05, 4.69) is 29.0 Å². The fourth-order valence-corrected chi connectivity index (χ4v) is 3.44. The van der Waals surface area contributed by atoms with Crippen LogP contribution in [0.3, 0.4) is 0 Å². The molecule has 1 aliphatic rings. The average Bonchev–Trinajstić information content (AvgIpc) is 3.18. The van der Waals surface area contributed by atoms with Crippen molar-refractivity contribution in [2.75, 3.05) is 0 Å². The summed E-state index contributed by atoms with van der Waals surface area (Å²) < 4.78 is 11.6. The smallest absolute Gasteiger partial charge is 0.258 e. The fourth-order valence-electron chi connectivity index (χ4n) is 3.44. The number of ether oxygens (including phenoxy) is 1. The Hall–Kier alpha value is -3.02. The molecule has 4 rings (SSSR count). The highest BCUT2D eigenvalue weighted by molar-refractivity contribution is 6.01. The zero-order valence-corrected chi connectivity index (χ0v) is 15.7. The number of hydrogen-bond donors (Lipinski definition) is 0. The van der Waals surface area contributed by atoms with Gasteiger partial charge in [0.25, 0.3) is 5.89 Å². The van der Waals surface area contributed by atoms with Gasteiger partial charge >= 0.3 is 0 Å². The summed E-state index contributed by atoms with van der Waals surface area (Å²) in [4.78, 5) is 21.4. The van der Waals surface area contributed by atoms with Gasteiger partial charge in [-0.2, -0.15) is 4.98 Å². The molecule has 27 heavy (non-hydrogen) atoms. The molecule has 3 heterocycles. The third-order valence-electron chi connectivity index (χ3n) is 5.30. The Kier molecular flexibility index (Phi) is 4.26. The molecule has 0 saturated heterocycles. The molecule has 0 fully saturated rings. The third-order valence-corrected chi connectivity index (χ3v) is 5.30. The van der Waals surface area contributed by atoms with Crippen molar-refractivity contribution in [2.24, 2.45) is 0 Å². The standard InChI is InChI=1S/C21H21N3O3/c1-4-21(5-2)12-17(25)16-11-14(8-9-18(16)26-21)20-23-19(24-27-20)15-7-6-10-22-13(15)3/h6-11H,4-5,12H2,1-3H3. The lowest BCUT2D eigenvalue weighted by atomic mass is 9.85. The predicted octanol–water partition coefficient (Wildman–Crippen LogP) is 4.63. The number of hydrogen-bond acceptors (Lipinski definition) is 6. The minimum atomic E-state index is -0.402. The number of carbonyl (C=O) groups excluding carboxylic acids is 1. The molecular weight excluding hydrogens is 342 g/mol. The summed E-state index contributed by atoms with van der Waals surface area (Å²) in [6, 6.07) is 9.18. The number of ketones is 1. The van der Waals surface area contributed by atoms with E-state index in [9.17, 15) is 4.79 Å². The van der Waals surface area contributed by atoms with Crippen LogP contribution >= 0.6 is 0 Å². The molecule has 3 aromatic rings. The highest BCUT2D eigenvalue weighted by atomic mass is 16.5. The van der Waals surface area contributed by atoms with E-state index < -0.39 is 5.60 Å². The number of benzene rings is 1. The van der Waals surface area contributed by atoms with Gasteiger partial charge in [0.15, 0.2) is 5.78 Å². The van der Waals surface area contributed by atoms with Crippen molar-refractivity contribution in [2.45, 2.75) is 45.6 Å². The number of Topliss-reactive ketones (excluding diaryl/α,β-unsaturated/α-hetero) is 1. The molecule has 1 aliphatic heterocycles. The van der Waals surface area contributed by atoms with Crippen LogP contribution in [0.5, 0.6) is 5.75 Å². The molecule has 0 unspecified atom stereocenters. The van der Waals surface area contributed by atoms with Crippen molar-refractivity contribution < 1.29 is 14.1 Å². The molecule has 138 valence electrons. The molecule has 1 aromatic carbocycles. The normalized spacial score (nSPS) is 15.3. The zero-order valence-electron chi connectivity index (χ0n) is 15.7. The van der Waals surface area contributed by atoms with Crippen LogP contribution in [0.2, 0.25) is 0 Å². The van der Waals surface area contributed by atoms with Gasteiger partial charge in [-0.05, 0) is 50.1 Å². The first-order valence-electron chi connectivity index (χ1n) is 9.17. The maximum Gasteiger partial charge on any atom is 0.258 e. The summed E-state index contributed by atoms with van der Waals surface area (Å²) in [6.45, 7) is 6.00. The van der Waals surface area contributed by atoms with E-state index in [4.69, 9.17) is 9.26 Å². The third kappa shape index (κ3) is 3.01. The molecule has 0 spiro atoms. The average molecular weight is 363 g/mol. The van der Waals surface area contributed by atoms with Crippen LogP contribution in [0.25, 0.3) is 22.8 Å². The van der Waals surface area contributed by atoms with Gasteiger partial charge in [-0.3, -0.25) is 9.78 Å². The number of nitrogens with zero attached hydrogens (tertiary/aromatic N) is 3. The van der Waals surface area contributed by atoms with Crippen LogP contribution in [0.4, 0.5) is 0 Å². The second kappa shape index (κ2) is 6.61. The van der Waals surface area contributed by atoms with Crippen molar-refractivity contribution in [1.82, 2.24) is 15.1 Å². The highest BCUT2D eigenvalue weighted by Gasteiger charge is 2.37. The summed E-state index contributed by atoms with van der Waals surface area (Å²) in [5.74, 6) is 1.56. The van der Waals surface area contributed by atoms with E-state index in [0.29, 0.717) is 35.0 Å². The van der Waals surface area contributed by atoms with Crippen LogP contribution in [0.15, 0.2) is 41.1 Å². The number of carbonyl (C=O) groups is 1. The van der Waals surface area contributed by atoms with Crippen molar-refractivity contribution in [3.05, 3.63) is 47.8 Å². The van der Waals surface area contributed by atoms with Crippen LogP contribution < -0.4 is 4.74 Å². The second-order valence-corrected chi connectivity index (χ2v) is 6.86. The monoisotopic (exact) mass is 363 g/mol. The quantitative estimate of drug-likeness (QED) is 0.672. The van der Waals surface area contributed by atoms with Crippen molar-refractivity contribution in [3.63, 3.8) is 0 Å². The molecule has 0 saturated carbocycles. The molecule has 6 heteroatoms. The van der Waals surface area contributed by atoms with E-state index in [1.54, 1.807) is 12.3 Å². The van der Waals surface area contributed by atoms with Crippen LogP contribution in [-0.2, 0) is 0 Å². The lowest BCUT2D eigenvalue weighted by molar-refractivity contribution is 0.0350. The van der Waals surface area contributed by atoms with Gasteiger partial charge in [0, 0.05) is 23.0 Å². The largest absolute Gasteiger partial charge is 0.486 e. The molecule has 0 atom stereocenters. The zero-order chi connectivity index (χ0) is 19.0. The van der Waals surface area contributed by atoms with E-state index in [1.807, 2.05) is 31.2 Å². The number of fused-ring (bicyclic) bond motifs is 1. The topological polar surface area (TPSA) is 78.1 Å². The van der Waals surface area contributed by atoms with Crippen molar-refractivity contribution in [1.29, 1.82) is 0 Å². The van der Waals surface area contributed by atoms with E-state index in [0.717, 1.165) is 24.1 Å². The van der Waals surface area contributed by atoms with Gasteiger partial charge in [0.1, 0.15) is 11.4 Å². The summed E-state index contributed by atoms with van der Waals surface area (Å²) in [5.41, 5.74) is 2.52. The summed E-state index contributed by atoms with van der Waals surface area (Å²) in [6.07, 6.45) is 3.71. The second-order valence-electron chi connectivity index (χ2n) is 6.86. The maximum absolute atomic E-state index is 12.7. The van der Waals surface area contributed by atoms with Gasteiger partial charge in [-0.25, -0.2) is 0 Å². The Labute approximate surface area is 157 Å². The highest BCUT2D eigenvalue weighted by Crippen LogP contribution is 2.39. The molecule has 6 nitrogen and oxygen atoms in total. The first-order chi connectivity index (χ1) is 13.0. The van der Waals surface area contributed by atoms with E-state index in [1.165, 1.54) is 0 Å². The first-order valence-corrected chi connectivity index (χ1v) is 9.17. The molecule has 0 aliphatic carbocycles. The molecular formula is C21H21N3O3. The Morgan fingerprint density at radius 1 is 1.15 bits per heavy atom. The van der Waals surface area contributed by atoms with Crippen LogP contribution in [-0.4, -0.2) is 26.5 Å². The molecule has 0 bridgehead atoms. The Morgan fingerprint density at radius 3 is 2.70 bits per heavy atom. The van der Waals surface area contributed by atoms with Gasteiger partial charge in [-0.1, -0.05) is 19.0 Å². The van der Waals surface area contributed by atoms with Crippen LogP contribution in [0, 0.1) is 6.92 Å². The minimum absolute atomic E-state index is 0.0876. The lowest BCUT2D eigenvalue weighted by Crippen LogP contribution is -2.40. The summed E-state index contributed by atoms with van der Waals surface area (Å²) >= 11 is 0. The SMILES string of the molecule is CCC1(CC)CC(=O)c2cc(-c3nc(-c4cccnc4C)no3)ccc2O1. The van der Waals surface area contributed by atoms with E-state index in [-0.39, 0.29) is 5.78 Å². The summed E-state index contributed by atoms with van der Waals surface area (Å²) in [5, 5.41) is 4.06. The van der Waals surface area contributed by atoms with E-state index >= 15 is 0 Å². The Bertz CT molecular complexity index is 1010. The molecule has 0 amide bonds. The number of aryl methyl sites for hydroxylation is 1. The summed E-state index contributed by atoms with van der Waals surface area (Å²) in [7, 11) is 0. The van der Waals surface area contributed by atoms with Gasteiger partial charge < -0.3 is 9.26 Å². The molecule has 0 N–H and O–H groups in total. The van der Waals surface area contributed by atoms with Crippen molar-refractivity contribution in [3.8, 4) is 28.6 Å². The minimum Gasteiger partial charge on any atom is -0.486 e.